The fraction of sp³-hybridized carbons (Fsp3) is 0.241. The molecule has 2 aliphatic rings. The van der Waals surface area contributed by atoms with Crippen molar-refractivity contribution in [1.29, 1.82) is 0 Å². The number of anilines is 1. The first-order valence-electron chi connectivity index (χ1n) is 20.6. The van der Waals surface area contributed by atoms with Gasteiger partial charge in [0.1, 0.15) is 0 Å². The van der Waals surface area contributed by atoms with Gasteiger partial charge in [0.2, 0.25) is 0 Å². The lowest BCUT2D eigenvalue weighted by Gasteiger charge is -2.30. The number of allylic oxidation sites excluding steroid dienone is 8. The third-order valence-electron chi connectivity index (χ3n) is 12.2. The summed E-state index contributed by atoms with van der Waals surface area (Å²) in [6, 6.07) is 48.1. The van der Waals surface area contributed by atoms with Gasteiger partial charge in [0.25, 0.3) is 0 Å². The van der Waals surface area contributed by atoms with Crippen LogP contribution < -0.4 is 4.90 Å². The Bertz CT molecular complexity index is 2580. The number of hydrogen-bond acceptors (Lipinski definition) is 2. The van der Waals surface area contributed by atoms with Crippen molar-refractivity contribution in [1.82, 2.24) is 0 Å². The summed E-state index contributed by atoms with van der Waals surface area (Å²) >= 11 is 7.43. The van der Waals surface area contributed by atoms with Crippen LogP contribution in [0.4, 0.5) is 5.69 Å². The van der Waals surface area contributed by atoms with E-state index in [2.05, 4.69) is 197 Å². The molecule has 2 nitrogen and oxygen atoms in total. The smallest absolute Gasteiger partial charge is 0.0643 e. The molecular weight excluding hydrogens is 712 g/mol. The van der Waals surface area contributed by atoms with Crippen molar-refractivity contribution in [2.24, 2.45) is 4.99 Å². The summed E-state index contributed by atoms with van der Waals surface area (Å²) in [6.07, 6.45) is 13.1. The van der Waals surface area contributed by atoms with E-state index < -0.39 is 0 Å². The van der Waals surface area contributed by atoms with Gasteiger partial charge in [0, 0.05) is 39.5 Å². The van der Waals surface area contributed by atoms with Gasteiger partial charge in [-0.05, 0) is 104 Å². The van der Waals surface area contributed by atoms with Gasteiger partial charge < -0.3 is 4.90 Å². The van der Waals surface area contributed by atoms with Gasteiger partial charge in [-0.2, -0.15) is 0 Å². The standard InChI is InChI=1S/C54H53ClN2/c1-6-40-28-29-41-22-13-15-26-45(41)50(40)53(2,3)48(56-36-38-18-9-7-10-19-38)34-31-43-24-17-25-44(52(43)55)32-35-49-54(4,5)51-46-27-16-14-23-42(46)30-33-47(51)57(49)37-39-20-11-8-12-21-39/h7-16,18-23,26-35H,6,17,24-25,36-37H2,1-5H3/b34-31+,44-32+,49-35+,56-48?. The zero-order valence-corrected chi connectivity index (χ0v) is 34.8. The topological polar surface area (TPSA) is 15.6 Å². The highest BCUT2D eigenvalue weighted by atomic mass is 35.5. The monoisotopic (exact) mass is 764 g/mol. The number of aryl methyl sites for hydroxylation is 1. The van der Waals surface area contributed by atoms with Gasteiger partial charge in [0.05, 0.1) is 6.54 Å². The highest BCUT2D eigenvalue weighted by Crippen LogP contribution is 2.51. The first-order chi connectivity index (χ1) is 27.7. The lowest BCUT2D eigenvalue weighted by atomic mass is 9.74. The quantitative estimate of drug-likeness (QED) is 0.127. The minimum absolute atomic E-state index is 0.204. The van der Waals surface area contributed by atoms with Crippen LogP contribution in [-0.4, -0.2) is 5.71 Å². The molecule has 57 heavy (non-hydrogen) atoms. The van der Waals surface area contributed by atoms with Crippen molar-refractivity contribution >= 4 is 44.5 Å². The third-order valence-corrected chi connectivity index (χ3v) is 12.7. The Morgan fingerprint density at radius 1 is 0.737 bits per heavy atom. The Morgan fingerprint density at radius 3 is 2.09 bits per heavy atom. The molecule has 3 heteroatoms. The first-order valence-corrected chi connectivity index (χ1v) is 21.0. The van der Waals surface area contributed by atoms with E-state index in [1.165, 1.54) is 71.9 Å². The highest BCUT2D eigenvalue weighted by Gasteiger charge is 2.41. The summed E-state index contributed by atoms with van der Waals surface area (Å²) in [5.41, 5.74) is 12.0. The number of benzene rings is 6. The van der Waals surface area contributed by atoms with Crippen LogP contribution in [0.25, 0.3) is 21.5 Å². The maximum absolute atomic E-state index is 7.43. The predicted molar refractivity (Wildman–Crippen MR) is 246 cm³/mol. The minimum Gasteiger partial charge on any atom is -0.340 e. The molecule has 1 aliphatic heterocycles. The molecule has 0 bridgehead atoms. The molecule has 0 unspecified atom stereocenters. The molecule has 1 heterocycles. The molecule has 0 amide bonds. The van der Waals surface area contributed by atoms with E-state index in [9.17, 15) is 0 Å². The molecule has 0 aromatic heterocycles. The summed E-state index contributed by atoms with van der Waals surface area (Å²) in [6.45, 7) is 13.1. The van der Waals surface area contributed by atoms with Gasteiger partial charge in [-0.25, -0.2) is 0 Å². The van der Waals surface area contributed by atoms with Gasteiger partial charge in [-0.15, -0.1) is 0 Å². The van der Waals surface area contributed by atoms with E-state index in [1.54, 1.807) is 0 Å². The van der Waals surface area contributed by atoms with Gasteiger partial charge in [-0.3, -0.25) is 4.99 Å². The van der Waals surface area contributed by atoms with Crippen molar-refractivity contribution in [2.75, 3.05) is 4.90 Å². The summed E-state index contributed by atoms with van der Waals surface area (Å²) in [7, 11) is 0. The van der Waals surface area contributed by atoms with E-state index in [-0.39, 0.29) is 10.8 Å². The summed E-state index contributed by atoms with van der Waals surface area (Å²) in [5.74, 6) is 0. The average molecular weight is 765 g/mol. The summed E-state index contributed by atoms with van der Waals surface area (Å²) < 4.78 is 0. The SMILES string of the molecule is CCc1ccc2ccccc2c1C(C)(C)C(/C=C/C1=C(Cl)C(=C/C=C2/N(Cc3ccccc3)c3ccc4ccccc4c3C2(C)C)/CCC1)=NCc1ccccc1. The number of halogens is 1. The molecule has 0 saturated heterocycles. The summed E-state index contributed by atoms with van der Waals surface area (Å²) in [5, 5.41) is 6.01. The lowest BCUT2D eigenvalue weighted by Crippen LogP contribution is -2.30. The number of fused-ring (bicyclic) bond motifs is 4. The van der Waals surface area contributed by atoms with Crippen LogP contribution in [0, 0.1) is 0 Å². The van der Waals surface area contributed by atoms with E-state index in [0.717, 1.165) is 43.0 Å². The first kappa shape index (κ1) is 38.4. The Kier molecular flexibility index (Phi) is 10.9. The lowest BCUT2D eigenvalue weighted by molar-refractivity contribution is 0.634. The maximum Gasteiger partial charge on any atom is 0.0643 e. The zero-order valence-electron chi connectivity index (χ0n) is 34.0. The van der Waals surface area contributed by atoms with Crippen molar-refractivity contribution in [3.05, 3.63) is 207 Å². The van der Waals surface area contributed by atoms with E-state index in [0.29, 0.717) is 6.54 Å². The second-order valence-electron chi connectivity index (χ2n) is 16.6. The number of aliphatic imine (C=N–C) groups is 1. The van der Waals surface area contributed by atoms with Gasteiger partial charge >= 0.3 is 0 Å². The molecule has 0 N–H and O–H groups in total. The van der Waals surface area contributed by atoms with Crippen LogP contribution in [0.3, 0.4) is 0 Å². The summed E-state index contributed by atoms with van der Waals surface area (Å²) in [4.78, 5) is 7.89. The normalized spacial score (nSPS) is 17.4. The Morgan fingerprint density at radius 2 is 1.37 bits per heavy atom. The molecule has 8 rings (SSSR count). The van der Waals surface area contributed by atoms with E-state index in [1.807, 2.05) is 0 Å². The molecule has 1 aliphatic carbocycles. The van der Waals surface area contributed by atoms with E-state index >= 15 is 0 Å². The highest BCUT2D eigenvalue weighted by molar-refractivity contribution is 6.32. The molecule has 0 spiro atoms. The van der Waals surface area contributed by atoms with Crippen molar-refractivity contribution < 1.29 is 0 Å². The molecule has 0 fully saturated rings. The molecule has 6 aromatic carbocycles. The van der Waals surface area contributed by atoms with Crippen LogP contribution in [0.5, 0.6) is 0 Å². The fourth-order valence-corrected chi connectivity index (χ4v) is 9.55. The van der Waals surface area contributed by atoms with Crippen LogP contribution in [0.2, 0.25) is 0 Å². The van der Waals surface area contributed by atoms with Crippen LogP contribution in [0.1, 0.15) is 81.7 Å². The fourth-order valence-electron chi connectivity index (χ4n) is 9.23. The van der Waals surface area contributed by atoms with E-state index in [4.69, 9.17) is 16.6 Å². The largest absolute Gasteiger partial charge is 0.340 e. The Hall–Kier alpha value is -5.44. The Balaban J connectivity index is 1.18. The number of nitrogens with zero attached hydrogens (tertiary/aromatic N) is 2. The number of rotatable bonds is 10. The Labute approximate surface area is 344 Å². The average Bonchev–Trinajstić information content (AvgIpc) is 3.45. The zero-order chi connectivity index (χ0) is 39.6. The maximum atomic E-state index is 7.43. The molecule has 0 saturated carbocycles. The second-order valence-corrected chi connectivity index (χ2v) is 17.0. The predicted octanol–water partition coefficient (Wildman–Crippen LogP) is 14.5. The molecule has 0 radical (unpaired) electrons. The van der Waals surface area contributed by atoms with Crippen molar-refractivity contribution in [3.63, 3.8) is 0 Å². The van der Waals surface area contributed by atoms with Crippen LogP contribution >= 0.6 is 11.6 Å². The van der Waals surface area contributed by atoms with Crippen LogP contribution in [0.15, 0.2) is 185 Å². The second kappa shape index (κ2) is 16.2. The van der Waals surface area contributed by atoms with Gasteiger partial charge in [-0.1, -0.05) is 186 Å². The molecule has 286 valence electrons. The molecule has 6 aromatic rings. The minimum atomic E-state index is -0.349. The third kappa shape index (κ3) is 7.56. The molecule has 0 atom stereocenters. The number of hydrogen-bond donors (Lipinski definition) is 0. The van der Waals surface area contributed by atoms with Crippen molar-refractivity contribution in [3.8, 4) is 0 Å². The molecular formula is C54H53ClN2. The van der Waals surface area contributed by atoms with Crippen molar-refractivity contribution in [2.45, 2.75) is 84.2 Å². The van der Waals surface area contributed by atoms with Crippen LogP contribution in [-0.2, 0) is 30.3 Å². The van der Waals surface area contributed by atoms with Gasteiger partial charge in [0.15, 0.2) is 0 Å².